The lowest BCUT2D eigenvalue weighted by atomic mass is 10.2. The highest BCUT2D eigenvalue weighted by Gasteiger charge is 2.35. The van der Waals surface area contributed by atoms with E-state index in [4.69, 9.17) is 5.73 Å². The third-order valence-electron chi connectivity index (χ3n) is 4.58. The van der Waals surface area contributed by atoms with Gasteiger partial charge in [-0.25, -0.2) is 4.98 Å². The first kappa shape index (κ1) is 20.4. The maximum atomic E-state index is 13.0. The molecule has 3 heterocycles. The summed E-state index contributed by atoms with van der Waals surface area (Å²) in [4.78, 5) is 43.1. The SMILES string of the molecule is NC(=O)c1nn(CC(=O)N2CCSC2C(=O)Nc2cccc(Br)n2)c2ccccc12. The molecule has 0 spiro atoms. The number of halogens is 1. The number of anilines is 1. The molecule has 0 bridgehead atoms. The first-order chi connectivity index (χ1) is 14.4. The second kappa shape index (κ2) is 8.44. The first-order valence-corrected chi connectivity index (χ1v) is 10.9. The highest BCUT2D eigenvalue weighted by atomic mass is 79.9. The van der Waals surface area contributed by atoms with Crippen LogP contribution in [0.2, 0.25) is 0 Å². The summed E-state index contributed by atoms with van der Waals surface area (Å²) in [6, 6.07) is 12.3. The van der Waals surface area contributed by atoms with Gasteiger partial charge in [0, 0.05) is 17.7 Å². The average Bonchev–Trinajstić information content (AvgIpc) is 3.34. The van der Waals surface area contributed by atoms with Gasteiger partial charge in [-0.2, -0.15) is 5.10 Å². The maximum Gasteiger partial charge on any atom is 0.269 e. The number of benzene rings is 1. The fourth-order valence-corrected chi connectivity index (χ4v) is 4.74. The molecule has 4 rings (SSSR count). The van der Waals surface area contributed by atoms with Gasteiger partial charge in [-0.05, 0) is 34.1 Å². The first-order valence-electron chi connectivity index (χ1n) is 9.04. The maximum absolute atomic E-state index is 13.0. The number of primary amides is 1. The fraction of sp³-hybridized carbons (Fsp3) is 0.211. The summed E-state index contributed by atoms with van der Waals surface area (Å²) in [5.74, 6) is -0.208. The van der Waals surface area contributed by atoms with Gasteiger partial charge in [-0.1, -0.05) is 24.3 Å². The molecular formula is C19H17BrN6O3S. The van der Waals surface area contributed by atoms with E-state index in [1.807, 2.05) is 0 Å². The number of para-hydroxylation sites is 1. The molecule has 3 aromatic rings. The smallest absolute Gasteiger partial charge is 0.269 e. The van der Waals surface area contributed by atoms with Crippen LogP contribution >= 0.6 is 27.7 Å². The number of nitrogens with zero attached hydrogens (tertiary/aromatic N) is 4. The van der Waals surface area contributed by atoms with Gasteiger partial charge in [0.25, 0.3) is 11.8 Å². The normalized spacial score (nSPS) is 16.0. The Bertz CT molecular complexity index is 1150. The number of pyridine rings is 1. The van der Waals surface area contributed by atoms with Gasteiger partial charge < -0.3 is 16.0 Å². The van der Waals surface area contributed by atoms with Gasteiger partial charge in [0.05, 0.1) is 5.52 Å². The van der Waals surface area contributed by atoms with Crippen LogP contribution in [0.1, 0.15) is 10.5 Å². The quantitative estimate of drug-likeness (QED) is 0.528. The van der Waals surface area contributed by atoms with E-state index < -0.39 is 11.3 Å². The van der Waals surface area contributed by atoms with E-state index >= 15 is 0 Å². The van der Waals surface area contributed by atoms with Crippen molar-refractivity contribution in [2.75, 3.05) is 17.6 Å². The second-order valence-corrected chi connectivity index (χ2v) is 8.53. The summed E-state index contributed by atoms with van der Waals surface area (Å²) < 4.78 is 2.05. The highest BCUT2D eigenvalue weighted by molar-refractivity contribution is 9.10. The molecule has 1 aliphatic heterocycles. The molecular weight excluding hydrogens is 472 g/mol. The van der Waals surface area contributed by atoms with Crippen molar-refractivity contribution < 1.29 is 14.4 Å². The van der Waals surface area contributed by atoms with Gasteiger partial charge in [0.1, 0.15) is 17.0 Å². The molecule has 1 unspecified atom stereocenters. The van der Waals surface area contributed by atoms with E-state index in [-0.39, 0.29) is 24.1 Å². The molecule has 1 aromatic carbocycles. The molecule has 2 aromatic heterocycles. The van der Waals surface area contributed by atoms with Gasteiger partial charge in [-0.15, -0.1) is 11.8 Å². The van der Waals surface area contributed by atoms with Crippen LogP contribution in [0, 0.1) is 0 Å². The van der Waals surface area contributed by atoms with Gasteiger partial charge in [0.15, 0.2) is 11.1 Å². The van der Waals surface area contributed by atoms with E-state index in [0.29, 0.717) is 33.6 Å². The molecule has 0 radical (unpaired) electrons. The minimum absolute atomic E-state index is 0.104. The van der Waals surface area contributed by atoms with Crippen LogP contribution < -0.4 is 11.1 Å². The van der Waals surface area contributed by atoms with E-state index in [0.717, 1.165) is 0 Å². The molecule has 154 valence electrons. The molecule has 3 amide bonds. The zero-order chi connectivity index (χ0) is 21.3. The number of nitrogens with two attached hydrogens (primary N) is 1. The second-order valence-electron chi connectivity index (χ2n) is 6.53. The van der Waals surface area contributed by atoms with Gasteiger partial charge in [0.2, 0.25) is 5.91 Å². The number of thioether (sulfide) groups is 1. The van der Waals surface area contributed by atoms with Crippen molar-refractivity contribution in [3.05, 3.63) is 52.8 Å². The molecule has 9 nitrogen and oxygen atoms in total. The monoisotopic (exact) mass is 488 g/mol. The molecule has 30 heavy (non-hydrogen) atoms. The third kappa shape index (κ3) is 4.03. The summed E-state index contributed by atoms with van der Waals surface area (Å²) in [5, 5.41) is 6.88. The van der Waals surface area contributed by atoms with Crippen LogP contribution in [0.15, 0.2) is 47.1 Å². The number of hydrogen-bond acceptors (Lipinski definition) is 6. The fourth-order valence-electron chi connectivity index (χ4n) is 3.26. The van der Waals surface area contributed by atoms with E-state index in [1.54, 1.807) is 42.5 Å². The number of rotatable bonds is 5. The number of amides is 3. The highest BCUT2D eigenvalue weighted by Crippen LogP contribution is 2.26. The van der Waals surface area contributed by atoms with Crippen LogP contribution in [0.25, 0.3) is 10.9 Å². The van der Waals surface area contributed by atoms with E-state index in [9.17, 15) is 14.4 Å². The summed E-state index contributed by atoms with van der Waals surface area (Å²) >= 11 is 4.65. The summed E-state index contributed by atoms with van der Waals surface area (Å²) in [7, 11) is 0. The Morgan fingerprint density at radius 3 is 2.77 bits per heavy atom. The van der Waals surface area contributed by atoms with Crippen LogP contribution in [0.4, 0.5) is 5.82 Å². The Hall–Kier alpha value is -2.92. The lowest BCUT2D eigenvalue weighted by molar-refractivity contribution is -0.135. The Morgan fingerprint density at radius 1 is 1.20 bits per heavy atom. The number of carbonyl (C=O) groups is 3. The summed E-state index contributed by atoms with van der Waals surface area (Å²) in [5.41, 5.74) is 6.16. The van der Waals surface area contributed by atoms with Crippen LogP contribution in [-0.4, -0.2) is 55.1 Å². The molecule has 0 aliphatic carbocycles. The topological polar surface area (TPSA) is 123 Å². The minimum atomic E-state index is -0.671. The molecule has 11 heteroatoms. The Labute approximate surface area is 184 Å². The van der Waals surface area contributed by atoms with Crippen LogP contribution in [-0.2, 0) is 16.1 Å². The summed E-state index contributed by atoms with van der Waals surface area (Å²) in [6.07, 6.45) is 0. The van der Waals surface area contributed by atoms with Crippen molar-refractivity contribution >= 4 is 62.1 Å². The Kier molecular flexibility index (Phi) is 5.73. The number of fused-ring (bicyclic) bond motifs is 1. The third-order valence-corrected chi connectivity index (χ3v) is 6.22. The number of hydrogen-bond donors (Lipinski definition) is 2. The van der Waals surface area contributed by atoms with E-state index in [1.165, 1.54) is 21.3 Å². The molecule has 1 saturated heterocycles. The predicted octanol–water partition coefficient (Wildman–Crippen LogP) is 1.83. The predicted molar refractivity (Wildman–Crippen MR) is 117 cm³/mol. The zero-order valence-electron chi connectivity index (χ0n) is 15.6. The lowest BCUT2D eigenvalue weighted by Gasteiger charge is -2.23. The molecule has 1 atom stereocenters. The van der Waals surface area contributed by atoms with Crippen molar-refractivity contribution in [1.82, 2.24) is 19.7 Å². The molecule has 3 N–H and O–H groups in total. The van der Waals surface area contributed by atoms with Gasteiger partial charge in [-0.3, -0.25) is 19.1 Å². The lowest BCUT2D eigenvalue weighted by Crippen LogP contribution is -2.43. The van der Waals surface area contributed by atoms with Crippen molar-refractivity contribution in [1.29, 1.82) is 0 Å². The Morgan fingerprint density at radius 2 is 2.00 bits per heavy atom. The zero-order valence-corrected chi connectivity index (χ0v) is 18.0. The molecule has 1 fully saturated rings. The average molecular weight is 489 g/mol. The van der Waals surface area contributed by atoms with Crippen LogP contribution in [0.3, 0.4) is 0 Å². The van der Waals surface area contributed by atoms with Crippen molar-refractivity contribution in [3.63, 3.8) is 0 Å². The largest absolute Gasteiger partial charge is 0.364 e. The molecule has 1 aliphatic rings. The number of carbonyl (C=O) groups excluding carboxylic acids is 3. The van der Waals surface area contributed by atoms with E-state index in [2.05, 4.69) is 31.3 Å². The number of nitrogens with one attached hydrogen (secondary N) is 1. The number of aromatic nitrogens is 3. The van der Waals surface area contributed by atoms with Gasteiger partial charge >= 0.3 is 0 Å². The van der Waals surface area contributed by atoms with Crippen molar-refractivity contribution in [2.24, 2.45) is 5.73 Å². The standard InChI is InChI=1S/C19H17BrN6O3S/c20-13-6-3-7-14(22-13)23-18(29)19-25(8-9-30-19)15(27)10-26-12-5-2-1-4-11(12)16(24-26)17(21)28/h1-7,19H,8-10H2,(H2,21,28)(H,22,23,29). The summed E-state index contributed by atoms with van der Waals surface area (Å²) in [6.45, 7) is 0.336. The van der Waals surface area contributed by atoms with Crippen LogP contribution in [0.5, 0.6) is 0 Å². The Balaban J connectivity index is 1.52. The van der Waals surface area contributed by atoms with Crippen molar-refractivity contribution in [2.45, 2.75) is 11.9 Å². The molecule has 0 saturated carbocycles. The van der Waals surface area contributed by atoms with Crippen molar-refractivity contribution in [3.8, 4) is 0 Å². The minimum Gasteiger partial charge on any atom is -0.364 e.